The molecule has 1 aliphatic heterocycles. The van der Waals surface area contributed by atoms with E-state index < -0.39 is 15.6 Å². The Bertz CT molecular complexity index is 707. The molecule has 1 unspecified atom stereocenters. The standard InChI is InChI=1S/C16H21N3O3S/c1-13-10-18(2)7-8-19(13)16(20)12-23(21,22)11-15-5-3-14(9-17)4-6-15/h3-6,13H,7-8,10-12H2,1-2H3. The van der Waals surface area contributed by atoms with Crippen LogP contribution < -0.4 is 0 Å². The summed E-state index contributed by atoms with van der Waals surface area (Å²) in [6.45, 7) is 4.00. The molecule has 23 heavy (non-hydrogen) atoms. The van der Waals surface area contributed by atoms with Crippen LogP contribution in [0, 0.1) is 11.3 Å². The van der Waals surface area contributed by atoms with Crippen LogP contribution in [0.1, 0.15) is 18.1 Å². The monoisotopic (exact) mass is 335 g/mol. The van der Waals surface area contributed by atoms with Crippen LogP contribution in [-0.2, 0) is 20.4 Å². The summed E-state index contributed by atoms with van der Waals surface area (Å²) < 4.78 is 24.5. The minimum Gasteiger partial charge on any atom is -0.337 e. The van der Waals surface area contributed by atoms with Gasteiger partial charge in [-0.3, -0.25) is 4.79 Å². The van der Waals surface area contributed by atoms with Gasteiger partial charge in [0.05, 0.1) is 17.4 Å². The van der Waals surface area contributed by atoms with Crippen LogP contribution in [-0.4, -0.2) is 62.6 Å². The zero-order valence-electron chi connectivity index (χ0n) is 13.4. The average molecular weight is 335 g/mol. The topological polar surface area (TPSA) is 81.5 Å². The van der Waals surface area contributed by atoms with Gasteiger partial charge in [-0.15, -0.1) is 0 Å². The number of nitrogens with zero attached hydrogens (tertiary/aromatic N) is 3. The van der Waals surface area contributed by atoms with Crippen molar-refractivity contribution in [2.24, 2.45) is 0 Å². The van der Waals surface area contributed by atoms with Gasteiger partial charge in [0.15, 0.2) is 9.84 Å². The fraction of sp³-hybridized carbons (Fsp3) is 0.500. The third-order valence-corrected chi connectivity index (χ3v) is 5.42. The van der Waals surface area contributed by atoms with Gasteiger partial charge in [-0.1, -0.05) is 12.1 Å². The molecular formula is C16H21N3O3S. The number of rotatable bonds is 4. The second kappa shape index (κ2) is 7.11. The van der Waals surface area contributed by atoms with Crippen LogP contribution in [0.25, 0.3) is 0 Å². The predicted octanol–water partition coefficient (Wildman–Crippen LogP) is 0.636. The number of amides is 1. The Hall–Kier alpha value is -1.91. The van der Waals surface area contributed by atoms with Gasteiger partial charge in [0.2, 0.25) is 5.91 Å². The Kier molecular flexibility index (Phi) is 5.39. The largest absolute Gasteiger partial charge is 0.337 e. The Morgan fingerprint density at radius 2 is 1.96 bits per heavy atom. The van der Waals surface area contributed by atoms with Crippen molar-refractivity contribution in [2.45, 2.75) is 18.7 Å². The average Bonchev–Trinajstić information content (AvgIpc) is 2.46. The van der Waals surface area contributed by atoms with Crippen molar-refractivity contribution in [1.82, 2.24) is 9.80 Å². The van der Waals surface area contributed by atoms with E-state index >= 15 is 0 Å². The molecule has 0 spiro atoms. The van der Waals surface area contributed by atoms with Gasteiger partial charge in [-0.2, -0.15) is 5.26 Å². The van der Waals surface area contributed by atoms with Crippen molar-refractivity contribution in [3.63, 3.8) is 0 Å². The quantitative estimate of drug-likeness (QED) is 0.806. The zero-order valence-corrected chi connectivity index (χ0v) is 14.2. The Morgan fingerprint density at radius 3 is 2.52 bits per heavy atom. The first-order valence-electron chi connectivity index (χ1n) is 7.48. The maximum absolute atomic E-state index is 12.3. The molecule has 0 saturated carbocycles. The molecule has 1 aliphatic rings. The molecule has 1 atom stereocenters. The molecule has 7 heteroatoms. The summed E-state index contributed by atoms with van der Waals surface area (Å²) in [4.78, 5) is 16.1. The van der Waals surface area contributed by atoms with Crippen molar-refractivity contribution in [3.05, 3.63) is 35.4 Å². The van der Waals surface area contributed by atoms with Crippen LogP contribution >= 0.6 is 0 Å². The highest BCUT2D eigenvalue weighted by molar-refractivity contribution is 7.91. The molecule has 1 fully saturated rings. The fourth-order valence-corrected chi connectivity index (χ4v) is 4.11. The lowest BCUT2D eigenvalue weighted by atomic mass is 10.2. The van der Waals surface area contributed by atoms with E-state index in [-0.39, 0.29) is 17.7 Å². The van der Waals surface area contributed by atoms with Gasteiger partial charge in [0.1, 0.15) is 5.75 Å². The third-order valence-electron chi connectivity index (χ3n) is 3.96. The maximum Gasteiger partial charge on any atom is 0.238 e. The summed E-state index contributed by atoms with van der Waals surface area (Å²) in [5.41, 5.74) is 1.07. The second-order valence-electron chi connectivity index (χ2n) is 6.04. The molecule has 124 valence electrons. The molecule has 6 nitrogen and oxygen atoms in total. The van der Waals surface area contributed by atoms with E-state index in [4.69, 9.17) is 5.26 Å². The fourth-order valence-electron chi connectivity index (χ4n) is 2.76. The number of hydrogen-bond donors (Lipinski definition) is 0. The summed E-state index contributed by atoms with van der Waals surface area (Å²) in [6, 6.07) is 8.38. The summed E-state index contributed by atoms with van der Waals surface area (Å²) in [7, 11) is -1.54. The van der Waals surface area contributed by atoms with E-state index in [9.17, 15) is 13.2 Å². The molecule has 1 aromatic rings. The molecule has 0 N–H and O–H groups in total. The van der Waals surface area contributed by atoms with E-state index in [1.807, 2.05) is 20.0 Å². The molecule has 1 heterocycles. The predicted molar refractivity (Wildman–Crippen MR) is 87.3 cm³/mol. The Morgan fingerprint density at radius 1 is 1.30 bits per heavy atom. The van der Waals surface area contributed by atoms with E-state index in [1.54, 1.807) is 29.2 Å². The molecule has 0 bridgehead atoms. The third kappa shape index (κ3) is 4.78. The number of likely N-dealkylation sites (N-methyl/N-ethyl adjacent to an activating group) is 1. The number of piperazine rings is 1. The van der Waals surface area contributed by atoms with Crippen LogP contribution in [0.15, 0.2) is 24.3 Å². The maximum atomic E-state index is 12.3. The molecule has 1 amide bonds. The number of sulfone groups is 1. The lowest BCUT2D eigenvalue weighted by molar-refractivity contribution is -0.132. The first-order chi connectivity index (χ1) is 10.8. The van der Waals surface area contributed by atoms with Crippen molar-refractivity contribution in [2.75, 3.05) is 32.4 Å². The van der Waals surface area contributed by atoms with Gasteiger partial charge in [0, 0.05) is 25.7 Å². The van der Waals surface area contributed by atoms with Crippen LogP contribution in [0.2, 0.25) is 0 Å². The minimum atomic E-state index is -3.53. The van der Waals surface area contributed by atoms with Gasteiger partial charge in [-0.05, 0) is 31.7 Å². The number of hydrogen-bond acceptors (Lipinski definition) is 5. The van der Waals surface area contributed by atoms with E-state index in [2.05, 4.69) is 4.90 Å². The minimum absolute atomic E-state index is 0.0198. The van der Waals surface area contributed by atoms with Gasteiger partial charge in [-0.25, -0.2) is 8.42 Å². The van der Waals surface area contributed by atoms with Crippen LogP contribution in [0.3, 0.4) is 0 Å². The van der Waals surface area contributed by atoms with Gasteiger partial charge in [0.25, 0.3) is 0 Å². The van der Waals surface area contributed by atoms with Gasteiger partial charge < -0.3 is 9.80 Å². The Balaban J connectivity index is 2.00. The summed E-state index contributed by atoms with van der Waals surface area (Å²) in [6.07, 6.45) is 0. The van der Waals surface area contributed by atoms with Crippen molar-refractivity contribution in [1.29, 1.82) is 5.26 Å². The van der Waals surface area contributed by atoms with Gasteiger partial charge >= 0.3 is 0 Å². The highest BCUT2D eigenvalue weighted by atomic mass is 32.2. The van der Waals surface area contributed by atoms with Crippen LogP contribution in [0.5, 0.6) is 0 Å². The lowest BCUT2D eigenvalue weighted by Crippen LogP contribution is -2.54. The molecule has 0 aromatic heterocycles. The lowest BCUT2D eigenvalue weighted by Gasteiger charge is -2.38. The molecule has 1 saturated heterocycles. The first kappa shape index (κ1) is 17.4. The zero-order chi connectivity index (χ0) is 17.0. The first-order valence-corrected chi connectivity index (χ1v) is 9.30. The summed E-state index contributed by atoms with van der Waals surface area (Å²) in [5.74, 6) is -0.993. The van der Waals surface area contributed by atoms with E-state index in [0.717, 1.165) is 13.1 Å². The molecule has 1 aromatic carbocycles. The van der Waals surface area contributed by atoms with E-state index in [0.29, 0.717) is 17.7 Å². The van der Waals surface area contributed by atoms with E-state index in [1.165, 1.54) is 0 Å². The van der Waals surface area contributed by atoms with Crippen molar-refractivity contribution >= 4 is 15.7 Å². The second-order valence-corrected chi connectivity index (χ2v) is 8.10. The number of carbonyl (C=O) groups excluding carboxylic acids is 1. The highest BCUT2D eigenvalue weighted by Crippen LogP contribution is 2.12. The smallest absolute Gasteiger partial charge is 0.238 e. The number of carbonyl (C=O) groups is 1. The summed E-state index contributed by atoms with van der Waals surface area (Å²) in [5, 5.41) is 8.75. The normalized spacial score (nSPS) is 19.3. The Labute approximate surface area is 137 Å². The summed E-state index contributed by atoms with van der Waals surface area (Å²) >= 11 is 0. The number of benzene rings is 1. The van der Waals surface area contributed by atoms with Crippen molar-refractivity contribution in [3.8, 4) is 6.07 Å². The molecule has 0 radical (unpaired) electrons. The van der Waals surface area contributed by atoms with Crippen molar-refractivity contribution < 1.29 is 13.2 Å². The molecular weight excluding hydrogens is 314 g/mol. The number of nitriles is 1. The highest BCUT2D eigenvalue weighted by Gasteiger charge is 2.28. The SMILES string of the molecule is CC1CN(C)CCN1C(=O)CS(=O)(=O)Cc1ccc(C#N)cc1. The molecule has 2 rings (SSSR count). The van der Waals surface area contributed by atoms with Crippen LogP contribution in [0.4, 0.5) is 0 Å². The molecule has 0 aliphatic carbocycles.